The van der Waals surface area contributed by atoms with Gasteiger partial charge >= 0.3 is 6.16 Å². The molecule has 0 saturated carbocycles. The Bertz CT molecular complexity index is 233. The Hall–Kier alpha value is -0.810. The van der Waals surface area contributed by atoms with Gasteiger partial charge in [0.15, 0.2) is 0 Å². The van der Waals surface area contributed by atoms with Crippen LogP contribution < -0.4 is 0 Å². The van der Waals surface area contributed by atoms with Gasteiger partial charge in [0, 0.05) is 13.2 Å². The van der Waals surface area contributed by atoms with Crippen LogP contribution in [-0.2, 0) is 18.9 Å². The van der Waals surface area contributed by atoms with Crippen LogP contribution >= 0.6 is 0 Å². The molecule has 132 valence electrons. The van der Waals surface area contributed by atoms with Gasteiger partial charge in [-0.2, -0.15) is 0 Å². The van der Waals surface area contributed by atoms with Crippen molar-refractivity contribution in [3.63, 3.8) is 0 Å². The molecule has 0 heterocycles. The third-order valence-corrected chi connectivity index (χ3v) is 3.50. The van der Waals surface area contributed by atoms with Crippen LogP contribution in [0.5, 0.6) is 0 Å². The molecular formula is C17H34O5. The predicted molar refractivity (Wildman–Crippen MR) is 87.2 cm³/mol. The van der Waals surface area contributed by atoms with E-state index in [2.05, 4.69) is 13.8 Å². The quantitative estimate of drug-likeness (QED) is 0.352. The molecule has 0 rings (SSSR count). The van der Waals surface area contributed by atoms with E-state index in [1.165, 1.54) is 0 Å². The minimum absolute atomic E-state index is 0.258. The van der Waals surface area contributed by atoms with Crippen molar-refractivity contribution < 1.29 is 23.7 Å². The summed E-state index contributed by atoms with van der Waals surface area (Å²) in [6, 6.07) is 0. The van der Waals surface area contributed by atoms with Crippen molar-refractivity contribution in [3.8, 4) is 0 Å². The first-order valence-electron chi connectivity index (χ1n) is 8.70. The zero-order valence-corrected chi connectivity index (χ0v) is 14.8. The number of ether oxygens (including phenoxy) is 4. The van der Waals surface area contributed by atoms with Gasteiger partial charge in [-0.1, -0.05) is 13.8 Å². The number of rotatable bonds is 14. The summed E-state index contributed by atoms with van der Waals surface area (Å²) in [7, 11) is 0. The van der Waals surface area contributed by atoms with E-state index in [1.54, 1.807) is 0 Å². The Morgan fingerprint density at radius 1 is 0.773 bits per heavy atom. The summed E-state index contributed by atoms with van der Waals surface area (Å²) in [6.07, 6.45) is 5.32. The molecule has 0 saturated heterocycles. The molecule has 2 atom stereocenters. The molecule has 5 heteroatoms. The van der Waals surface area contributed by atoms with Gasteiger partial charge in [-0.25, -0.2) is 4.79 Å². The van der Waals surface area contributed by atoms with Gasteiger partial charge in [0.2, 0.25) is 0 Å². The molecule has 0 aliphatic rings. The second-order valence-electron chi connectivity index (χ2n) is 5.20. The molecule has 2 unspecified atom stereocenters. The molecule has 0 spiro atoms. The van der Waals surface area contributed by atoms with Crippen molar-refractivity contribution in [2.24, 2.45) is 0 Å². The molecule has 22 heavy (non-hydrogen) atoms. The highest BCUT2D eigenvalue weighted by molar-refractivity contribution is 5.59. The van der Waals surface area contributed by atoms with Gasteiger partial charge < -0.3 is 18.9 Å². The standard InChI is InChI=1S/C17H34O5/c1-5-15(19-7-3)11-9-13-21-17(18)22-14-10-12-16(6-2)20-8-4/h15-16H,5-14H2,1-4H3. The summed E-state index contributed by atoms with van der Waals surface area (Å²) >= 11 is 0. The van der Waals surface area contributed by atoms with Crippen molar-refractivity contribution in [2.75, 3.05) is 26.4 Å². The molecule has 0 aromatic carbocycles. The first-order valence-corrected chi connectivity index (χ1v) is 8.70. The van der Waals surface area contributed by atoms with Crippen LogP contribution in [-0.4, -0.2) is 44.8 Å². The lowest BCUT2D eigenvalue weighted by atomic mass is 10.1. The SMILES string of the molecule is CCOC(CC)CCCOC(=O)OCCCC(CC)OCC. The average molecular weight is 318 g/mol. The molecule has 0 N–H and O–H groups in total. The zero-order valence-electron chi connectivity index (χ0n) is 14.8. The van der Waals surface area contributed by atoms with Gasteiger partial charge in [-0.15, -0.1) is 0 Å². The lowest BCUT2D eigenvalue weighted by molar-refractivity contribution is 0.0271. The molecule has 0 aliphatic carbocycles. The Labute approximate surface area is 135 Å². The van der Waals surface area contributed by atoms with Gasteiger partial charge in [-0.3, -0.25) is 0 Å². The van der Waals surface area contributed by atoms with Gasteiger partial charge in [0.05, 0.1) is 25.4 Å². The monoisotopic (exact) mass is 318 g/mol. The van der Waals surface area contributed by atoms with Crippen LogP contribution in [0, 0.1) is 0 Å². The minimum Gasteiger partial charge on any atom is -0.434 e. The number of carbonyl (C=O) groups is 1. The second kappa shape index (κ2) is 15.1. The van der Waals surface area contributed by atoms with Crippen LogP contribution in [0.25, 0.3) is 0 Å². The number of hydrogen-bond acceptors (Lipinski definition) is 5. The largest absolute Gasteiger partial charge is 0.508 e. The first kappa shape index (κ1) is 21.2. The first-order chi connectivity index (χ1) is 10.7. The highest BCUT2D eigenvalue weighted by atomic mass is 16.7. The summed E-state index contributed by atoms with van der Waals surface area (Å²) in [5, 5.41) is 0. The number of hydrogen-bond donors (Lipinski definition) is 0. The van der Waals surface area contributed by atoms with Crippen molar-refractivity contribution in [1.82, 2.24) is 0 Å². The Morgan fingerprint density at radius 3 is 1.50 bits per heavy atom. The second-order valence-corrected chi connectivity index (χ2v) is 5.20. The summed E-state index contributed by atoms with van der Waals surface area (Å²) in [6.45, 7) is 10.4. The highest BCUT2D eigenvalue weighted by Gasteiger charge is 2.09. The topological polar surface area (TPSA) is 54.0 Å². The molecule has 0 aliphatic heterocycles. The molecule has 0 amide bonds. The highest BCUT2D eigenvalue weighted by Crippen LogP contribution is 2.08. The zero-order chi connectivity index (χ0) is 16.6. The summed E-state index contributed by atoms with van der Waals surface area (Å²) in [5.41, 5.74) is 0. The van der Waals surface area contributed by atoms with Crippen molar-refractivity contribution in [2.45, 2.75) is 78.4 Å². The predicted octanol–water partition coefficient (Wildman–Crippen LogP) is 4.33. The van der Waals surface area contributed by atoms with E-state index in [0.717, 1.165) is 51.7 Å². The molecule has 0 aromatic heterocycles. The van der Waals surface area contributed by atoms with Gasteiger partial charge in [-0.05, 0) is 52.4 Å². The Morgan fingerprint density at radius 2 is 1.18 bits per heavy atom. The summed E-state index contributed by atoms with van der Waals surface area (Å²) < 4.78 is 21.2. The molecule has 5 nitrogen and oxygen atoms in total. The van der Waals surface area contributed by atoms with Crippen LogP contribution in [0.1, 0.15) is 66.2 Å². The fourth-order valence-corrected chi connectivity index (χ4v) is 2.26. The van der Waals surface area contributed by atoms with Crippen molar-refractivity contribution >= 4 is 6.16 Å². The van der Waals surface area contributed by atoms with Crippen molar-refractivity contribution in [3.05, 3.63) is 0 Å². The van der Waals surface area contributed by atoms with Crippen LogP contribution in [0.4, 0.5) is 4.79 Å². The van der Waals surface area contributed by atoms with Crippen LogP contribution in [0.2, 0.25) is 0 Å². The molecule has 0 radical (unpaired) electrons. The van der Waals surface area contributed by atoms with E-state index < -0.39 is 6.16 Å². The normalized spacial score (nSPS) is 13.6. The van der Waals surface area contributed by atoms with E-state index in [0.29, 0.717) is 13.2 Å². The molecular weight excluding hydrogens is 284 g/mol. The van der Waals surface area contributed by atoms with Crippen LogP contribution in [0.15, 0.2) is 0 Å². The average Bonchev–Trinajstić information content (AvgIpc) is 2.53. The van der Waals surface area contributed by atoms with Gasteiger partial charge in [0.25, 0.3) is 0 Å². The third-order valence-electron chi connectivity index (χ3n) is 3.50. The maximum absolute atomic E-state index is 11.4. The Balaban J connectivity index is 3.53. The molecule has 0 aromatic rings. The third kappa shape index (κ3) is 11.8. The lowest BCUT2D eigenvalue weighted by Gasteiger charge is -2.15. The molecule has 0 fully saturated rings. The van der Waals surface area contributed by atoms with Gasteiger partial charge in [0.1, 0.15) is 0 Å². The summed E-state index contributed by atoms with van der Waals surface area (Å²) in [4.78, 5) is 11.4. The maximum Gasteiger partial charge on any atom is 0.508 e. The van der Waals surface area contributed by atoms with E-state index in [-0.39, 0.29) is 12.2 Å². The van der Waals surface area contributed by atoms with E-state index >= 15 is 0 Å². The Kier molecular flexibility index (Phi) is 14.5. The van der Waals surface area contributed by atoms with E-state index in [4.69, 9.17) is 18.9 Å². The van der Waals surface area contributed by atoms with E-state index in [9.17, 15) is 4.79 Å². The minimum atomic E-state index is -0.575. The maximum atomic E-state index is 11.4. The fourth-order valence-electron chi connectivity index (χ4n) is 2.26. The fraction of sp³-hybridized carbons (Fsp3) is 0.941. The van der Waals surface area contributed by atoms with Crippen molar-refractivity contribution in [1.29, 1.82) is 0 Å². The van der Waals surface area contributed by atoms with E-state index in [1.807, 2.05) is 13.8 Å². The summed E-state index contributed by atoms with van der Waals surface area (Å²) in [5.74, 6) is 0. The van der Waals surface area contributed by atoms with Crippen LogP contribution in [0.3, 0.4) is 0 Å². The smallest absolute Gasteiger partial charge is 0.434 e. The lowest BCUT2D eigenvalue weighted by Crippen LogP contribution is -2.15. The number of carbonyl (C=O) groups excluding carboxylic acids is 1. The molecule has 0 bridgehead atoms.